The smallest absolute Gasteiger partial charge is 0.261 e. The molecule has 0 amide bonds. The molecule has 3 rings (SSSR count). The van der Waals surface area contributed by atoms with Crippen LogP contribution in [0.4, 0.5) is 0 Å². The number of benzene rings is 2. The molecule has 0 saturated heterocycles. The standard InChI is InChI=1S/C20H20N2O/c1-2-17(12-8-11-16-9-4-3-5-10-16)22-15-21-19-14-7-6-13-18(19)20(22)23/h2-7,9-10,13-15,17H,1,8,11-12H2/t17-/m0/s1. The van der Waals surface area contributed by atoms with Crippen LogP contribution in [0.5, 0.6) is 0 Å². The van der Waals surface area contributed by atoms with Gasteiger partial charge in [-0.05, 0) is 37.0 Å². The van der Waals surface area contributed by atoms with Crippen LogP contribution < -0.4 is 5.56 Å². The van der Waals surface area contributed by atoms with E-state index < -0.39 is 0 Å². The Hall–Kier alpha value is -2.68. The van der Waals surface area contributed by atoms with Crippen LogP contribution in [0.25, 0.3) is 10.9 Å². The molecule has 0 spiro atoms. The van der Waals surface area contributed by atoms with Crippen molar-refractivity contribution in [1.82, 2.24) is 9.55 Å². The molecule has 0 bridgehead atoms. The summed E-state index contributed by atoms with van der Waals surface area (Å²) in [4.78, 5) is 17.0. The summed E-state index contributed by atoms with van der Waals surface area (Å²) >= 11 is 0. The molecule has 1 heterocycles. The Morgan fingerprint density at radius 1 is 1.09 bits per heavy atom. The first-order valence-electron chi connectivity index (χ1n) is 7.92. The van der Waals surface area contributed by atoms with Crippen LogP contribution in [0.15, 0.2) is 78.4 Å². The molecule has 1 atom stereocenters. The fourth-order valence-corrected chi connectivity index (χ4v) is 2.85. The molecule has 0 aliphatic heterocycles. The number of rotatable bonds is 6. The second-order valence-corrected chi connectivity index (χ2v) is 5.66. The highest BCUT2D eigenvalue weighted by atomic mass is 16.1. The molecule has 23 heavy (non-hydrogen) atoms. The third-order valence-electron chi connectivity index (χ3n) is 4.13. The van der Waals surface area contributed by atoms with E-state index in [0.29, 0.717) is 5.39 Å². The molecule has 0 saturated carbocycles. The van der Waals surface area contributed by atoms with Crippen molar-refractivity contribution in [2.45, 2.75) is 25.3 Å². The second-order valence-electron chi connectivity index (χ2n) is 5.66. The van der Waals surface area contributed by atoms with Crippen LogP contribution in [0, 0.1) is 0 Å². The van der Waals surface area contributed by atoms with E-state index >= 15 is 0 Å². The summed E-state index contributed by atoms with van der Waals surface area (Å²) in [5, 5.41) is 0.657. The zero-order valence-corrected chi connectivity index (χ0v) is 13.1. The lowest BCUT2D eigenvalue weighted by atomic mass is 10.0. The number of fused-ring (bicyclic) bond motifs is 1. The summed E-state index contributed by atoms with van der Waals surface area (Å²) in [5.41, 5.74) is 2.06. The van der Waals surface area contributed by atoms with E-state index in [1.165, 1.54) is 5.56 Å². The summed E-state index contributed by atoms with van der Waals surface area (Å²) in [5.74, 6) is 0. The quantitative estimate of drug-likeness (QED) is 0.641. The van der Waals surface area contributed by atoms with Gasteiger partial charge in [0.2, 0.25) is 0 Å². The van der Waals surface area contributed by atoms with Gasteiger partial charge in [-0.25, -0.2) is 4.98 Å². The van der Waals surface area contributed by atoms with Gasteiger partial charge in [0, 0.05) is 0 Å². The molecular formula is C20H20N2O. The normalized spacial score (nSPS) is 12.2. The minimum atomic E-state index is -0.0247. The first-order valence-corrected chi connectivity index (χ1v) is 7.92. The Kier molecular flexibility index (Phi) is 4.67. The van der Waals surface area contributed by atoms with Crippen molar-refractivity contribution in [2.75, 3.05) is 0 Å². The van der Waals surface area contributed by atoms with Gasteiger partial charge >= 0.3 is 0 Å². The lowest BCUT2D eigenvalue weighted by Gasteiger charge is -2.16. The highest BCUT2D eigenvalue weighted by Gasteiger charge is 2.11. The van der Waals surface area contributed by atoms with Crippen LogP contribution in [0.2, 0.25) is 0 Å². The minimum Gasteiger partial charge on any atom is -0.292 e. The van der Waals surface area contributed by atoms with Crippen molar-refractivity contribution in [3.8, 4) is 0 Å². The van der Waals surface area contributed by atoms with Crippen molar-refractivity contribution in [3.05, 3.63) is 89.5 Å². The molecule has 1 aromatic heterocycles. The maximum atomic E-state index is 12.6. The topological polar surface area (TPSA) is 34.9 Å². The summed E-state index contributed by atoms with van der Waals surface area (Å²) in [6.07, 6.45) is 6.35. The Labute approximate surface area is 135 Å². The second kappa shape index (κ2) is 7.05. The van der Waals surface area contributed by atoms with E-state index in [2.05, 4.69) is 35.8 Å². The largest absolute Gasteiger partial charge is 0.292 e. The Morgan fingerprint density at radius 2 is 1.83 bits per heavy atom. The van der Waals surface area contributed by atoms with Gasteiger partial charge in [-0.3, -0.25) is 9.36 Å². The van der Waals surface area contributed by atoms with Gasteiger partial charge in [-0.1, -0.05) is 48.5 Å². The van der Waals surface area contributed by atoms with E-state index in [0.717, 1.165) is 24.8 Å². The molecule has 0 aliphatic carbocycles. The van der Waals surface area contributed by atoms with E-state index in [1.54, 1.807) is 10.9 Å². The average Bonchev–Trinajstić information content (AvgIpc) is 2.61. The van der Waals surface area contributed by atoms with Gasteiger partial charge in [0.25, 0.3) is 5.56 Å². The molecule has 0 N–H and O–H groups in total. The molecule has 0 fully saturated rings. The summed E-state index contributed by atoms with van der Waals surface area (Å²) < 4.78 is 1.69. The molecular weight excluding hydrogens is 284 g/mol. The van der Waals surface area contributed by atoms with Crippen molar-refractivity contribution in [2.24, 2.45) is 0 Å². The number of hydrogen-bond acceptors (Lipinski definition) is 2. The average molecular weight is 304 g/mol. The molecule has 3 nitrogen and oxygen atoms in total. The Bertz CT molecular complexity index is 852. The highest BCUT2D eigenvalue weighted by molar-refractivity contribution is 5.76. The third kappa shape index (κ3) is 3.39. The minimum absolute atomic E-state index is 0.000195. The van der Waals surface area contributed by atoms with E-state index in [-0.39, 0.29) is 11.6 Å². The Morgan fingerprint density at radius 3 is 2.61 bits per heavy atom. The SMILES string of the molecule is C=C[C@@H](CCCc1ccccc1)n1cnc2ccccc2c1=O. The van der Waals surface area contributed by atoms with E-state index in [1.807, 2.05) is 36.4 Å². The lowest BCUT2D eigenvalue weighted by molar-refractivity contribution is 0.518. The van der Waals surface area contributed by atoms with Gasteiger partial charge < -0.3 is 0 Å². The van der Waals surface area contributed by atoms with Crippen molar-refractivity contribution in [3.63, 3.8) is 0 Å². The van der Waals surface area contributed by atoms with E-state index in [9.17, 15) is 4.79 Å². The van der Waals surface area contributed by atoms with Crippen molar-refractivity contribution in [1.29, 1.82) is 0 Å². The summed E-state index contributed by atoms with van der Waals surface area (Å²) in [6.45, 7) is 3.90. The number of aromatic nitrogens is 2. The molecule has 3 heteroatoms. The summed E-state index contributed by atoms with van der Waals surface area (Å²) in [6, 6.07) is 17.8. The number of nitrogens with zero attached hydrogens (tertiary/aromatic N) is 2. The molecule has 0 radical (unpaired) electrons. The maximum Gasteiger partial charge on any atom is 0.261 e. The van der Waals surface area contributed by atoms with Gasteiger partial charge in [0.05, 0.1) is 23.3 Å². The number of aryl methyl sites for hydroxylation is 1. The van der Waals surface area contributed by atoms with Crippen molar-refractivity contribution >= 4 is 10.9 Å². The van der Waals surface area contributed by atoms with Gasteiger partial charge in [-0.2, -0.15) is 0 Å². The van der Waals surface area contributed by atoms with E-state index in [4.69, 9.17) is 0 Å². The fourth-order valence-electron chi connectivity index (χ4n) is 2.85. The van der Waals surface area contributed by atoms with Crippen LogP contribution >= 0.6 is 0 Å². The molecule has 116 valence electrons. The third-order valence-corrected chi connectivity index (χ3v) is 4.13. The summed E-state index contributed by atoms with van der Waals surface area (Å²) in [7, 11) is 0. The molecule has 0 unspecified atom stereocenters. The van der Waals surface area contributed by atoms with Gasteiger partial charge in [0.1, 0.15) is 0 Å². The van der Waals surface area contributed by atoms with Crippen LogP contribution in [-0.4, -0.2) is 9.55 Å². The number of para-hydroxylation sites is 1. The fraction of sp³-hybridized carbons (Fsp3) is 0.200. The van der Waals surface area contributed by atoms with Gasteiger partial charge in [0.15, 0.2) is 0 Å². The number of allylic oxidation sites excluding steroid dienone is 1. The first-order chi connectivity index (χ1) is 11.3. The monoisotopic (exact) mass is 304 g/mol. The molecule has 0 aliphatic rings. The number of hydrogen-bond donors (Lipinski definition) is 0. The maximum absolute atomic E-state index is 12.6. The molecule has 2 aromatic carbocycles. The molecule has 3 aromatic rings. The van der Waals surface area contributed by atoms with Gasteiger partial charge in [-0.15, -0.1) is 6.58 Å². The van der Waals surface area contributed by atoms with Crippen LogP contribution in [-0.2, 0) is 6.42 Å². The van der Waals surface area contributed by atoms with Crippen LogP contribution in [0.1, 0.15) is 24.4 Å². The first kappa shape index (κ1) is 15.2. The van der Waals surface area contributed by atoms with Crippen molar-refractivity contribution < 1.29 is 0 Å². The zero-order chi connectivity index (χ0) is 16.1. The Balaban J connectivity index is 1.77. The predicted molar refractivity (Wildman–Crippen MR) is 94.6 cm³/mol. The zero-order valence-electron chi connectivity index (χ0n) is 13.1. The highest BCUT2D eigenvalue weighted by Crippen LogP contribution is 2.16. The predicted octanol–water partition coefficient (Wildman–Crippen LogP) is 4.15. The van der Waals surface area contributed by atoms with Crippen LogP contribution in [0.3, 0.4) is 0 Å². The lowest BCUT2D eigenvalue weighted by Crippen LogP contribution is -2.24.